The standard InChI is InChI=1S/C13H12Cl2N2S/c1-8-5-9(2)17-13(16-8)18-7-10-3-4-11(14)6-12(10)15/h3-6H,7H2,1-2H3. The average molecular weight is 299 g/mol. The molecule has 2 aromatic rings. The molecule has 0 fully saturated rings. The smallest absolute Gasteiger partial charge is 0.188 e. The maximum atomic E-state index is 6.12. The van der Waals surface area contributed by atoms with Gasteiger partial charge in [-0.15, -0.1) is 0 Å². The van der Waals surface area contributed by atoms with Crippen LogP contribution in [0.5, 0.6) is 0 Å². The lowest BCUT2D eigenvalue weighted by molar-refractivity contribution is 0.902. The number of benzene rings is 1. The average Bonchev–Trinajstić information content (AvgIpc) is 2.26. The SMILES string of the molecule is Cc1cc(C)nc(SCc2ccc(Cl)cc2Cl)n1. The van der Waals surface area contributed by atoms with Gasteiger partial charge in [0.05, 0.1) is 0 Å². The number of rotatable bonds is 3. The molecule has 5 heteroatoms. The Labute approximate surface area is 121 Å². The van der Waals surface area contributed by atoms with Gasteiger partial charge in [0.2, 0.25) is 0 Å². The predicted molar refractivity (Wildman–Crippen MR) is 77.5 cm³/mol. The zero-order valence-electron chi connectivity index (χ0n) is 10.1. The first-order valence-corrected chi connectivity index (χ1v) is 7.18. The van der Waals surface area contributed by atoms with Crippen molar-refractivity contribution in [1.29, 1.82) is 0 Å². The lowest BCUT2D eigenvalue weighted by Gasteiger charge is -2.05. The van der Waals surface area contributed by atoms with Crippen LogP contribution >= 0.6 is 35.0 Å². The van der Waals surface area contributed by atoms with Crippen molar-refractivity contribution < 1.29 is 0 Å². The third kappa shape index (κ3) is 3.61. The van der Waals surface area contributed by atoms with Crippen LogP contribution < -0.4 is 0 Å². The van der Waals surface area contributed by atoms with Gasteiger partial charge in [-0.2, -0.15) is 0 Å². The fourth-order valence-corrected chi connectivity index (χ4v) is 3.05. The van der Waals surface area contributed by atoms with E-state index < -0.39 is 0 Å². The van der Waals surface area contributed by atoms with Crippen molar-refractivity contribution in [3.63, 3.8) is 0 Å². The number of aromatic nitrogens is 2. The normalized spacial score (nSPS) is 10.7. The number of aryl methyl sites for hydroxylation is 2. The molecule has 0 spiro atoms. The molecule has 0 atom stereocenters. The third-order valence-electron chi connectivity index (χ3n) is 2.33. The molecule has 1 aromatic heterocycles. The van der Waals surface area contributed by atoms with Crippen molar-refractivity contribution in [3.05, 3.63) is 51.3 Å². The number of halogens is 2. The number of nitrogens with zero attached hydrogens (tertiary/aromatic N) is 2. The summed E-state index contributed by atoms with van der Waals surface area (Å²) in [5, 5.41) is 2.11. The van der Waals surface area contributed by atoms with Crippen molar-refractivity contribution >= 4 is 35.0 Å². The Morgan fingerprint density at radius 3 is 2.33 bits per heavy atom. The summed E-state index contributed by atoms with van der Waals surface area (Å²) >= 11 is 13.6. The molecule has 0 unspecified atom stereocenters. The first-order valence-electron chi connectivity index (χ1n) is 5.43. The fraction of sp³-hybridized carbons (Fsp3) is 0.231. The quantitative estimate of drug-likeness (QED) is 0.607. The first kappa shape index (κ1) is 13.7. The minimum absolute atomic E-state index is 0.649. The van der Waals surface area contributed by atoms with Crippen LogP contribution in [-0.2, 0) is 5.75 Å². The van der Waals surface area contributed by atoms with Gasteiger partial charge in [0.1, 0.15) is 0 Å². The molecule has 2 rings (SSSR count). The highest BCUT2D eigenvalue weighted by atomic mass is 35.5. The van der Waals surface area contributed by atoms with Crippen LogP contribution in [0.1, 0.15) is 17.0 Å². The van der Waals surface area contributed by atoms with Crippen molar-refractivity contribution in [2.75, 3.05) is 0 Å². The van der Waals surface area contributed by atoms with E-state index in [1.165, 1.54) is 0 Å². The minimum atomic E-state index is 0.649. The summed E-state index contributed by atoms with van der Waals surface area (Å²) in [4.78, 5) is 8.76. The molecule has 0 aliphatic rings. The molecule has 0 aliphatic carbocycles. The van der Waals surface area contributed by atoms with E-state index in [1.807, 2.05) is 32.0 Å². The molecule has 2 nitrogen and oxygen atoms in total. The highest BCUT2D eigenvalue weighted by Crippen LogP contribution is 2.27. The molecule has 0 bridgehead atoms. The largest absolute Gasteiger partial charge is 0.228 e. The lowest BCUT2D eigenvalue weighted by atomic mass is 10.2. The van der Waals surface area contributed by atoms with Crippen LogP contribution in [0.2, 0.25) is 10.0 Å². The van der Waals surface area contributed by atoms with Crippen LogP contribution in [0, 0.1) is 13.8 Å². The summed E-state index contributed by atoms with van der Waals surface area (Å²) in [6.07, 6.45) is 0. The Morgan fingerprint density at radius 2 is 1.72 bits per heavy atom. The predicted octanol–water partition coefficient (Wildman–Crippen LogP) is 4.69. The zero-order chi connectivity index (χ0) is 13.1. The van der Waals surface area contributed by atoms with Gasteiger partial charge in [0.15, 0.2) is 5.16 Å². The van der Waals surface area contributed by atoms with E-state index in [9.17, 15) is 0 Å². The second-order valence-electron chi connectivity index (χ2n) is 3.96. The van der Waals surface area contributed by atoms with E-state index in [0.29, 0.717) is 10.0 Å². The van der Waals surface area contributed by atoms with Gasteiger partial charge in [-0.1, -0.05) is 41.0 Å². The zero-order valence-corrected chi connectivity index (χ0v) is 12.4. The summed E-state index contributed by atoms with van der Waals surface area (Å²) in [5.41, 5.74) is 2.99. The fourth-order valence-electron chi connectivity index (χ4n) is 1.54. The number of hydrogen-bond acceptors (Lipinski definition) is 3. The summed E-state index contributed by atoms with van der Waals surface area (Å²) in [5.74, 6) is 0.735. The Bertz CT molecular complexity index is 553. The first-order chi connectivity index (χ1) is 8.54. The molecule has 0 aliphatic heterocycles. The highest BCUT2D eigenvalue weighted by Gasteiger charge is 2.05. The van der Waals surface area contributed by atoms with Crippen LogP contribution in [0.3, 0.4) is 0 Å². The van der Waals surface area contributed by atoms with Crippen LogP contribution in [0.4, 0.5) is 0 Å². The summed E-state index contributed by atoms with van der Waals surface area (Å²) in [6.45, 7) is 3.93. The molecule has 94 valence electrons. The molecule has 0 radical (unpaired) electrons. The number of hydrogen-bond donors (Lipinski definition) is 0. The molecule has 0 saturated heterocycles. The summed E-state index contributed by atoms with van der Waals surface area (Å²) in [7, 11) is 0. The van der Waals surface area contributed by atoms with E-state index >= 15 is 0 Å². The molecule has 0 saturated carbocycles. The van der Waals surface area contributed by atoms with Gasteiger partial charge in [-0.05, 0) is 37.6 Å². The van der Waals surface area contributed by atoms with Gasteiger partial charge in [-0.25, -0.2) is 9.97 Å². The Balaban J connectivity index is 2.11. The topological polar surface area (TPSA) is 25.8 Å². The Kier molecular flexibility index (Phi) is 4.49. The number of thioether (sulfide) groups is 1. The van der Waals surface area contributed by atoms with Crippen molar-refractivity contribution in [3.8, 4) is 0 Å². The van der Waals surface area contributed by atoms with Crippen LogP contribution in [-0.4, -0.2) is 9.97 Å². The molecule has 0 amide bonds. The maximum absolute atomic E-state index is 6.12. The second kappa shape index (κ2) is 5.91. The molecular formula is C13H12Cl2N2S. The van der Waals surface area contributed by atoms with Gasteiger partial charge >= 0.3 is 0 Å². The van der Waals surface area contributed by atoms with Gasteiger partial charge in [0.25, 0.3) is 0 Å². The molecule has 18 heavy (non-hydrogen) atoms. The van der Waals surface area contributed by atoms with E-state index in [4.69, 9.17) is 23.2 Å². The van der Waals surface area contributed by atoms with Crippen LogP contribution in [0.25, 0.3) is 0 Å². The van der Waals surface area contributed by atoms with E-state index in [0.717, 1.165) is 27.9 Å². The summed E-state index contributed by atoms with van der Waals surface area (Å²) < 4.78 is 0. The van der Waals surface area contributed by atoms with Crippen LogP contribution in [0.15, 0.2) is 29.4 Å². The van der Waals surface area contributed by atoms with Crippen molar-refractivity contribution in [2.45, 2.75) is 24.8 Å². The van der Waals surface area contributed by atoms with E-state index in [1.54, 1.807) is 17.8 Å². The van der Waals surface area contributed by atoms with Gasteiger partial charge in [-0.3, -0.25) is 0 Å². The van der Waals surface area contributed by atoms with Gasteiger partial charge < -0.3 is 0 Å². The third-order valence-corrected chi connectivity index (χ3v) is 3.82. The van der Waals surface area contributed by atoms with E-state index in [2.05, 4.69) is 9.97 Å². The molecule has 0 N–H and O–H groups in total. The summed E-state index contributed by atoms with van der Waals surface area (Å²) in [6, 6.07) is 7.48. The van der Waals surface area contributed by atoms with E-state index in [-0.39, 0.29) is 0 Å². The van der Waals surface area contributed by atoms with Gasteiger partial charge in [0, 0.05) is 27.2 Å². The Morgan fingerprint density at radius 1 is 1.06 bits per heavy atom. The highest BCUT2D eigenvalue weighted by molar-refractivity contribution is 7.98. The maximum Gasteiger partial charge on any atom is 0.188 e. The molecular weight excluding hydrogens is 287 g/mol. The second-order valence-corrected chi connectivity index (χ2v) is 5.74. The van der Waals surface area contributed by atoms with Crippen molar-refractivity contribution in [1.82, 2.24) is 9.97 Å². The monoisotopic (exact) mass is 298 g/mol. The van der Waals surface area contributed by atoms with Crippen molar-refractivity contribution in [2.24, 2.45) is 0 Å². The minimum Gasteiger partial charge on any atom is -0.228 e. The molecule has 1 aromatic carbocycles. The Hall–Kier alpha value is -0.770. The lowest BCUT2D eigenvalue weighted by Crippen LogP contribution is -1.93. The molecule has 1 heterocycles.